The monoisotopic (exact) mass is 216 g/mol. The fraction of sp³-hybridized carbons (Fsp3) is 0.0909. The summed E-state index contributed by atoms with van der Waals surface area (Å²) in [6, 6.07) is 7.10. The van der Waals surface area contributed by atoms with Crippen molar-refractivity contribution < 1.29 is 4.74 Å². The Morgan fingerprint density at radius 2 is 1.81 bits per heavy atom. The molecule has 0 saturated heterocycles. The first-order valence-electron chi connectivity index (χ1n) is 4.77. The van der Waals surface area contributed by atoms with Gasteiger partial charge in [-0.05, 0) is 31.2 Å². The molecule has 0 fully saturated rings. The van der Waals surface area contributed by atoms with Crippen molar-refractivity contribution in [3.63, 3.8) is 0 Å². The second-order valence-corrected chi connectivity index (χ2v) is 3.35. The van der Waals surface area contributed by atoms with Gasteiger partial charge >= 0.3 is 0 Å². The van der Waals surface area contributed by atoms with Gasteiger partial charge in [0, 0.05) is 5.69 Å². The van der Waals surface area contributed by atoms with Gasteiger partial charge in [-0.2, -0.15) is 0 Å². The van der Waals surface area contributed by atoms with Crippen LogP contribution in [0.1, 0.15) is 5.69 Å². The molecule has 0 radical (unpaired) electrons. The highest BCUT2D eigenvalue weighted by molar-refractivity contribution is 5.43. The van der Waals surface area contributed by atoms with Gasteiger partial charge in [0.05, 0.1) is 11.9 Å². The predicted molar refractivity (Wildman–Crippen MR) is 62.1 cm³/mol. The molecular weight excluding hydrogens is 204 g/mol. The zero-order valence-corrected chi connectivity index (χ0v) is 8.84. The van der Waals surface area contributed by atoms with E-state index >= 15 is 0 Å². The molecule has 16 heavy (non-hydrogen) atoms. The lowest BCUT2D eigenvalue weighted by atomic mass is 10.3. The highest BCUT2D eigenvalue weighted by Crippen LogP contribution is 2.23. The average molecular weight is 216 g/mol. The summed E-state index contributed by atoms with van der Waals surface area (Å²) in [7, 11) is 0. The number of rotatable bonds is 2. The van der Waals surface area contributed by atoms with Gasteiger partial charge in [0.15, 0.2) is 5.75 Å². The van der Waals surface area contributed by atoms with Crippen LogP contribution >= 0.6 is 0 Å². The van der Waals surface area contributed by atoms with E-state index in [4.69, 9.17) is 16.2 Å². The molecular formula is C11H12N4O. The molecule has 5 nitrogen and oxygen atoms in total. The van der Waals surface area contributed by atoms with Crippen LogP contribution in [0.3, 0.4) is 0 Å². The fourth-order valence-corrected chi connectivity index (χ4v) is 1.24. The van der Waals surface area contributed by atoms with E-state index in [-0.39, 0.29) is 5.95 Å². The van der Waals surface area contributed by atoms with Crippen LogP contribution in [0.15, 0.2) is 30.5 Å². The predicted octanol–water partition coefficient (Wildman–Crippen LogP) is 1.74. The molecule has 2 rings (SSSR count). The molecule has 1 heterocycles. The fourth-order valence-electron chi connectivity index (χ4n) is 1.24. The van der Waals surface area contributed by atoms with E-state index in [0.717, 1.165) is 0 Å². The second kappa shape index (κ2) is 4.06. The molecule has 0 aliphatic carbocycles. The summed E-state index contributed by atoms with van der Waals surface area (Å²) >= 11 is 0. The van der Waals surface area contributed by atoms with Crippen molar-refractivity contribution in [1.82, 2.24) is 9.97 Å². The minimum absolute atomic E-state index is 0.238. The minimum atomic E-state index is 0.238. The van der Waals surface area contributed by atoms with Crippen LogP contribution < -0.4 is 16.2 Å². The number of nitrogens with two attached hydrogens (primary N) is 2. The summed E-state index contributed by atoms with van der Waals surface area (Å²) in [4.78, 5) is 7.87. The molecule has 0 spiro atoms. The van der Waals surface area contributed by atoms with Crippen molar-refractivity contribution in [2.75, 3.05) is 11.5 Å². The maximum absolute atomic E-state index is 5.58. The van der Waals surface area contributed by atoms with Gasteiger partial charge in [-0.15, -0.1) is 0 Å². The molecule has 0 aliphatic rings. The molecule has 4 N–H and O–H groups in total. The smallest absolute Gasteiger partial charge is 0.220 e. The zero-order chi connectivity index (χ0) is 11.5. The average Bonchev–Trinajstić information content (AvgIpc) is 2.25. The third-order valence-corrected chi connectivity index (χ3v) is 2.06. The van der Waals surface area contributed by atoms with Crippen molar-refractivity contribution in [1.29, 1.82) is 0 Å². The molecule has 1 aromatic heterocycles. The summed E-state index contributed by atoms with van der Waals surface area (Å²) in [5.41, 5.74) is 12.4. The molecule has 0 aliphatic heterocycles. The Hall–Kier alpha value is -2.30. The lowest BCUT2D eigenvalue weighted by Crippen LogP contribution is -1.98. The van der Waals surface area contributed by atoms with Crippen LogP contribution in [-0.2, 0) is 0 Å². The molecule has 0 atom stereocenters. The van der Waals surface area contributed by atoms with Gasteiger partial charge in [0.25, 0.3) is 0 Å². The number of nitrogens with zero attached hydrogens (tertiary/aromatic N) is 2. The van der Waals surface area contributed by atoms with Crippen LogP contribution in [0, 0.1) is 6.92 Å². The van der Waals surface area contributed by atoms with Gasteiger partial charge in [0.1, 0.15) is 5.75 Å². The number of nitrogen functional groups attached to an aromatic ring is 2. The van der Waals surface area contributed by atoms with Gasteiger partial charge < -0.3 is 16.2 Å². The van der Waals surface area contributed by atoms with E-state index in [1.807, 2.05) is 6.92 Å². The number of benzene rings is 1. The van der Waals surface area contributed by atoms with Crippen molar-refractivity contribution in [2.45, 2.75) is 6.92 Å². The van der Waals surface area contributed by atoms with Crippen LogP contribution in [0.2, 0.25) is 0 Å². The van der Waals surface area contributed by atoms with Crippen LogP contribution in [-0.4, -0.2) is 9.97 Å². The molecule has 0 saturated carbocycles. The lowest BCUT2D eigenvalue weighted by molar-refractivity contribution is 0.473. The molecule has 2 aromatic rings. The van der Waals surface area contributed by atoms with Gasteiger partial charge in [0.2, 0.25) is 5.95 Å². The largest absolute Gasteiger partial charge is 0.454 e. The third kappa shape index (κ3) is 2.20. The zero-order valence-electron chi connectivity index (χ0n) is 8.84. The highest BCUT2D eigenvalue weighted by atomic mass is 16.5. The molecule has 0 unspecified atom stereocenters. The summed E-state index contributed by atoms with van der Waals surface area (Å²) in [5.74, 6) is 1.51. The third-order valence-electron chi connectivity index (χ3n) is 2.06. The number of hydrogen-bond donors (Lipinski definition) is 2. The van der Waals surface area contributed by atoms with Crippen LogP contribution in [0.5, 0.6) is 11.5 Å². The summed E-state index contributed by atoms with van der Waals surface area (Å²) in [6.45, 7) is 1.81. The molecule has 5 heteroatoms. The number of anilines is 2. The van der Waals surface area contributed by atoms with Crippen molar-refractivity contribution in [3.05, 3.63) is 36.2 Å². The normalized spacial score (nSPS) is 10.1. The maximum atomic E-state index is 5.58. The first-order valence-corrected chi connectivity index (χ1v) is 4.77. The Labute approximate surface area is 93.1 Å². The van der Waals surface area contributed by atoms with Crippen LogP contribution in [0.4, 0.5) is 11.6 Å². The second-order valence-electron chi connectivity index (χ2n) is 3.35. The molecule has 0 amide bonds. The Bertz CT molecular complexity index is 496. The van der Waals surface area contributed by atoms with E-state index in [9.17, 15) is 0 Å². The molecule has 82 valence electrons. The van der Waals surface area contributed by atoms with E-state index in [2.05, 4.69) is 9.97 Å². The van der Waals surface area contributed by atoms with Gasteiger partial charge in [-0.1, -0.05) is 0 Å². The maximum Gasteiger partial charge on any atom is 0.220 e. The van der Waals surface area contributed by atoms with Crippen molar-refractivity contribution in [2.24, 2.45) is 0 Å². The van der Waals surface area contributed by atoms with Gasteiger partial charge in [-0.3, -0.25) is 0 Å². The Kier molecular flexibility index (Phi) is 2.59. The minimum Gasteiger partial charge on any atom is -0.454 e. The quantitative estimate of drug-likeness (QED) is 0.746. The first-order chi connectivity index (χ1) is 7.65. The number of aromatic nitrogens is 2. The topological polar surface area (TPSA) is 87.0 Å². The highest BCUT2D eigenvalue weighted by Gasteiger charge is 2.03. The number of hydrogen-bond acceptors (Lipinski definition) is 5. The van der Waals surface area contributed by atoms with Crippen molar-refractivity contribution >= 4 is 11.6 Å². The Morgan fingerprint density at radius 3 is 2.44 bits per heavy atom. The van der Waals surface area contributed by atoms with E-state index in [1.54, 1.807) is 30.5 Å². The Balaban J connectivity index is 2.23. The number of ether oxygens (including phenoxy) is 1. The van der Waals surface area contributed by atoms with Crippen LogP contribution in [0.25, 0.3) is 0 Å². The standard InChI is InChI=1S/C11H12N4O/c1-7-10(6-14-11(13)15-7)16-9-4-2-8(12)3-5-9/h2-6H,12H2,1H3,(H2,13,14,15). The van der Waals surface area contributed by atoms with Crippen molar-refractivity contribution in [3.8, 4) is 11.5 Å². The first kappa shape index (κ1) is 10.2. The summed E-state index contributed by atoms with van der Waals surface area (Å²) in [6.07, 6.45) is 1.55. The van der Waals surface area contributed by atoms with E-state index in [1.165, 1.54) is 0 Å². The number of aryl methyl sites for hydroxylation is 1. The van der Waals surface area contributed by atoms with E-state index < -0.39 is 0 Å². The molecule has 0 bridgehead atoms. The lowest BCUT2D eigenvalue weighted by Gasteiger charge is -2.07. The Morgan fingerprint density at radius 1 is 1.12 bits per heavy atom. The SMILES string of the molecule is Cc1nc(N)ncc1Oc1ccc(N)cc1. The molecule has 1 aromatic carbocycles. The van der Waals surface area contributed by atoms with E-state index in [0.29, 0.717) is 22.9 Å². The van der Waals surface area contributed by atoms with Gasteiger partial charge in [-0.25, -0.2) is 9.97 Å². The summed E-state index contributed by atoms with van der Waals surface area (Å²) in [5, 5.41) is 0. The summed E-state index contributed by atoms with van der Waals surface area (Å²) < 4.78 is 5.58.